The number of carbonyl (C=O) groups excluding carboxylic acids is 3. The Labute approximate surface area is 479 Å². The molecule has 448 valence electrons. The fourth-order valence-electron chi connectivity index (χ4n) is 10.0. The molecular weight excluding hydrogens is 949 g/mol. The average Bonchev–Trinajstić information content (AvgIpc) is 3.43. The molecule has 0 amide bonds. The molecule has 1 atom stereocenters. The first-order chi connectivity index (χ1) is 38.0. The Morgan fingerprint density at radius 1 is 0.273 bits per heavy atom. The van der Waals surface area contributed by atoms with E-state index in [1.54, 1.807) is 0 Å². The highest BCUT2D eigenvalue weighted by Gasteiger charge is 2.19. The highest BCUT2D eigenvalue weighted by molar-refractivity contribution is 5.71. The van der Waals surface area contributed by atoms with Crippen LogP contribution in [0.1, 0.15) is 355 Å². The van der Waals surface area contributed by atoms with Crippen LogP contribution in [0.3, 0.4) is 0 Å². The van der Waals surface area contributed by atoms with Crippen molar-refractivity contribution in [2.45, 2.75) is 361 Å². The van der Waals surface area contributed by atoms with E-state index in [0.717, 1.165) is 96.3 Å². The van der Waals surface area contributed by atoms with Gasteiger partial charge in [-0.05, 0) is 64.2 Å². The largest absolute Gasteiger partial charge is 0.462 e. The minimum absolute atomic E-state index is 0.0746. The molecular formula is C71H128O6. The third-order valence-electron chi connectivity index (χ3n) is 15.0. The van der Waals surface area contributed by atoms with Gasteiger partial charge in [-0.25, -0.2) is 0 Å². The second-order valence-corrected chi connectivity index (χ2v) is 22.7. The van der Waals surface area contributed by atoms with Crippen molar-refractivity contribution in [2.24, 2.45) is 0 Å². The van der Waals surface area contributed by atoms with Crippen LogP contribution in [0.2, 0.25) is 0 Å². The molecule has 0 saturated heterocycles. The Bertz CT molecular complexity index is 1380. The van der Waals surface area contributed by atoms with Crippen LogP contribution in [0, 0.1) is 0 Å². The summed E-state index contributed by atoms with van der Waals surface area (Å²) >= 11 is 0. The smallest absolute Gasteiger partial charge is 0.306 e. The summed E-state index contributed by atoms with van der Waals surface area (Å²) in [5, 5.41) is 0. The second-order valence-electron chi connectivity index (χ2n) is 22.7. The van der Waals surface area contributed by atoms with E-state index in [4.69, 9.17) is 14.2 Å². The Hall–Kier alpha value is -2.89. The predicted octanol–water partition coefficient (Wildman–Crippen LogP) is 23.1. The van der Waals surface area contributed by atoms with Crippen LogP contribution in [0.25, 0.3) is 0 Å². The van der Waals surface area contributed by atoms with Crippen molar-refractivity contribution in [3.63, 3.8) is 0 Å². The van der Waals surface area contributed by atoms with Gasteiger partial charge >= 0.3 is 17.9 Å². The summed E-state index contributed by atoms with van der Waals surface area (Å²) in [7, 11) is 0. The van der Waals surface area contributed by atoms with Crippen molar-refractivity contribution in [3.8, 4) is 0 Å². The third kappa shape index (κ3) is 63.8. The molecule has 0 aliphatic carbocycles. The van der Waals surface area contributed by atoms with Gasteiger partial charge in [-0.15, -0.1) is 0 Å². The molecule has 0 aromatic heterocycles. The standard InChI is InChI=1S/C71H128O6/c1-4-7-10-13-16-19-21-23-25-27-29-31-33-34-35-36-37-39-40-42-44-46-48-50-52-55-58-61-64-70(73)76-67-68(66-75-69(72)63-60-57-54-18-15-12-9-6-3)77-71(74)65-62-59-56-53-51-49-47-45-43-41-38-32-30-28-26-24-22-20-17-14-11-8-5-2/h8,11,17,20,24,26,30,32,41,43,68H,4-7,9-10,12-16,18-19,21-23,25,27-29,31,33-40,42,44-67H2,1-3H3/b11-8-,20-17-,26-24-,32-30-,43-41-. The van der Waals surface area contributed by atoms with Crippen LogP contribution in [-0.4, -0.2) is 37.2 Å². The summed E-state index contributed by atoms with van der Waals surface area (Å²) in [6.45, 7) is 6.54. The SMILES string of the molecule is CC/C=C\C/C=C\C/C=C\C/C=C\C/C=C\CCCCCCCCCC(=O)OC(COC(=O)CCCCCCCCCC)COC(=O)CCCCCCCCCCCCCCCCCCCCCCCCCCCCCC. The maximum Gasteiger partial charge on any atom is 0.306 e. The van der Waals surface area contributed by atoms with Gasteiger partial charge in [-0.3, -0.25) is 14.4 Å². The summed E-state index contributed by atoms with van der Waals surface area (Å²) in [6, 6.07) is 0. The van der Waals surface area contributed by atoms with Gasteiger partial charge in [0.25, 0.3) is 0 Å². The number of esters is 3. The molecule has 6 nitrogen and oxygen atoms in total. The van der Waals surface area contributed by atoms with Gasteiger partial charge < -0.3 is 14.2 Å². The fraction of sp³-hybridized carbons (Fsp3) is 0.817. The molecule has 0 radical (unpaired) electrons. The van der Waals surface area contributed by atoms with Gasteiger partial charge in [0.2, 0.25) is 0 Å². The monoisotopic (exact) mass is 1080 g/mol. The summed E-state index contributed by atoms with van der Waals surface area (Å²) in [5.41, 5.74) is 0. The molecule has 0 aromatic rings. The lowest BCUT2D eigenvalue weighted by Crippen LogP contribution is -2.30. The van der Waals surface area contributed by atoms with E-state index in [2.05, 4.69) is 81.5 Å². The van der Waals surface area contributed by atoms with Crippen LogP contribution in [0.5, 0.6) is 0 Å². The maximum atomic E-state index is 12.9. The van der Waals surface area contributed by atoms with Crippen LogP contribution < -0.4 is 0 Å². The molecule has 0 aromatic carbocycles. The van der Waals surface area contributed by atoms with Gasteiger partial charge in [0, 0.05) is 19.3 Å². The van der Waals surface area contributed by atoms with E-state index in [1.807, 2.05) is 0 Å². The van der Waals surface area contributed by atoms with Crippen LogP contribution in [-0.2, 0) is 28.6 Å². The number of carbonyl (C=O) groups is 3. The van der Waals surface area contributed by atoms with Crippen LogP contribution >= 0.6 is 0 Å². The molecule has 1 unspecified atom stereocenters. The average molecular weight is 1080 g/mol. The zero-order valence-electron chi connectivity index (χ0n) is 51.5. The summed E-state index contributed by atoms with van der Waals surface area (Å²) < 4.78 is 16.9. The maximum absolute atomic E-state index is 12.9. The number of hydrogen-bond acceptors (Lipinski definition) is 6. The van der Waals surface area contributed by atoms with Gasteiger partial charge in [-0.2, -0.15) is 0 Å². The summed E-state index contributed by atoms with van der Waals surface area (Å²) in [6.07, 6.45) is 84.1. The van der Waals surface area contributed by atoms with Crippen molar-refractivity contribution in [2.75, 3.05) is 13.2 Å². The lowest BCUT2D eigenvalue weighted by molar-refractivity contribution is -0.167. The van der Waals surface area contributed by atoms with E-state index in [-0.39, 0.29) is 31.1 Å². The van der Waals surface area contributed by atoms with E-state index in [0.29, 0.717) is 19.3 Å². The van der Waals surface area contributed by atoms with Crippen LogP contribution in [0.4, 0.5) is 0 Å². The highest BCUT2D eigenvalue weighted by atomic mass is 16.6. The van der Waals surface area contributed by atoms with Crippen molar-refractivity contribution >= 4 is 17.9 Å². The number of hydrogen-bond donors (Lipinski definition) is 0. The summed E-state index contributed by atoms with van der Waals surface area (Å²) in [4.78, 5) is 38.2. The number of ether oxygens (including phenoxy) is 3. The molecule has 0 N–H and O–H groups in total. The lowest BCUT2D eigenvalue weighted by Gasteiger charge is -2.18. The normalized spacial score (nSPS) is 12.4. The zero-order chi connectivity index (χ0) is 55.7. The molecule has 0 aliphatic heterocycles. The molecule has 77 heavy (non-hydrogen) atoms. The van der Waals surface area contributed by atoms with E-state index >= 15 is 0 Å². The minimum Gasteiger partial charge on any atom is -0.462 e. The molecule has 6 heteroatoms. The van der Waals surface area contributed by atoms with Crippen molar-refractivity contribution in [1.82, 2.24) is 0 Å². The molecule has 0 rings (SSSR count). The zero-order valence-corrected chi connectivity index (χ0v) is 51.5. The summed E-state index contributed by atoms with van der Waals surface area (Å²) in [5.74, 6) is -0.871. The Morgan fingerprint density at radius 3 is 0.792 bits per heavy atom. The Balaban J connectivity index is 4.11. The van der Waals surface area contributed by atoms with Crippen molar-refractivity contribution in [1.29, 1.82) is 0 Å². The first kappa shape index (κ1) is 74.1. The van der Waals surface area contributed by atoms with Crippen molar-refractivity contribution in [3.05, 3.63) is 60.8 Å². The fourth-order valence-corrected chi connectivity index (χ4v) is 10.0. The predicted molar refractivity (Wildman–Crippen MR) is 335 cm³/mol. The van der Waals surface area contributed by atoms with Gasteiger partial charge in [-0.1, -0.05) is 332 Å². The number of unbranched alkanes of at least 4 members (excludes halogenated alkanes) is 41. The first-order valence-electron chi connectivity index (χ1n) is 33.8. The van der Waals surface area contributed by atoms with Crippen molar-refractivity contribution < 1.29 is 28.6 Å². The molecule has 0 fully saturated rings. The van der Waals surface area contributed by atoms with E-state index in [1.165, 1.54) is 218 Å². The molecule has 0 heterocycles. The number of rotatable bonds is 62. The quantitative estimate of drug-likeness (QED) is 0.0261. The third-order valence-corrected chi connectivity index (χ3v) is 15.0. The highest BCUT2D eigenvalue weighted by Crippen LogP contribution is 2.18. The number of allylic oxidation sites excluding steroid dienone is 10. The second kappa shape index (κ2) is 65.6. The topological polar surface area (TPSA) is 78.9 Å². The minimum atomic E-state index is -0.777. The molecule has 0 spiro atoms. The Kier molecular flexibility index (Phi) is 63.2. The molecule has 0 aliphatic rings. The van der Waals surface area contributed by atoms with Gasteiger partial charge in [0.15, 0.2) is 6.10 Å². The Morgan fingerprint density at radius 2 is 0.506 bits per heavy atom. The van der Waals surface area contributed by atoms with E-state index < -0.39 is 6.10 Å². The first-order valence-corrected chi connectivity index (χ1v) is 33.8. The molecule has 0 saturated carbocycles. The van der Waals surface area contributed by atoms with Gasteiger partial charge in [0.05, 0.1) is 0 Å². The molecule has 0 bridgehead atoms. The lowest BCUT2D eigenvalue weighted by atomic mass is 10.0. The van der Waals surface area contributed by atoms with E-state index in [9.17, 15) is 14.4 Å². The van der Waals surface area contributed by atoms with Gasteiger partial charge in [0.1, 0.15) is 13.2 Å². The van der Waals surface area contributed by atoms with Crippen LogP contribution in [0.15, 0.2) is 60.8 Å².